The van der Waals surface area contributed by atoms with Gasteiger partial charge in [-0.1, -0.05) is 35.9 Å². The summed E-state index contributed by atoms with van der Waals surface area (Å²) in [7, 11) is 0. The summed E-state index contributed by atoms with van der Waals surface area (Å²) in [6.07, 6.45) is 1.65. The van der Waals surface area contributed by atoms with Crippen LogP contribution in [0.2, 0.25) is 5.02 Å². The van der Waals surface area contributed by atoms with Gasteiger partial charge in [0.2, 0.25) is 5.91 Å². The number of carbonyl (C=O) groups excluding carboxylic acids is 3. The van der Waals surface area contributed by atoms with Gasteiger partial charge in [-0.2, -0.15) is 0 Å². The summed E-state index contributed by atoms with van der Waals surface area (Å²) in [6.45, 7) is 2.48. The second kappa shape index (κ2) is 9.56. The highest BCUT2D eigenvalue weighted by atomic mass is 35.5. The summed E-state index contributed by atoms with van der Waals surface area (Å²) in [5, 5.41) is 3.59. The lowest BCUT2D eigenvalue weighted by molar-refractivity contribution is -0.132. The maximum absolute atomic E-state index is 12.5. The van der Waals surface area contributed by atoms with Crippen molar-refractivity contribution in [2.24, 2.45) is 0 Å². The molecule has 0 bridgehead atoms. The average Bonchev–Trinajstić information content (AvgIpc) is 2.70. The Hall–Kier alpha value is -2.86. The topological polar surface area (TPSA) is 75.7 Å². The number of halogens is 1. The summed E-state index contributed by atoms with van der Waals surface area (Å²) in [6, 6.07) is 13.8. The number of likely N-dealkylation sites (tertiary alicyclic amines) is 1. The molecule has 0 saturated carbocycles. The molecule has 2 aromatic carbocycles. The first kappa shape index (κ1) is 20.9. The van der Waals surface area contributed by atoms with Gasteiger partial charge in [-0.25, -0.2) is 0 Å². The van der Waals surface area contributed by atoms with Gasteiger partial charge >= 0.3 is 5.97 Å². The monoisotopic (exact) mass is 414 g/mol. The van der Waals surface area contributed by atoms with Crippen LogP contribution in [-0.4, -0.2) is 41.8 Å². The Morgan fingerprint density at radius 3 is 2.52 bits per heavy atom. The zero-order chi connectivity index (χ0) is 20.8. The van der Waals surface area contributed by atoms with E-state index in [1.54, 1.807) is 30.3 Å². The molecular formula is C22H23ClN2O4. The lowest BCUT2D eigenvalue weighted by Gasteiger charge is -2.32. The molecule has 1 N–H and O–H groups in total. The Morgan fingerprint density at radius 2 is 1.83 bits per heavy atom. The molecule has 1 aliphatic rings. The minimum absolute atomic E-state index is 0.00996. The summed E-state index contributed by atoms with van der Waals surface area (Å²) < 4.78 is 5.02. The number of nitrogens with zero attached hydrogens (tertiary/aromatic N) is 1. The third kappa shape index (κ3) is 5.81. The Kier molecular flexibility index (Phi) is 6.88. The quantitative estimate of drug-likeness (QED) is 0.602. The molecule has 0 unspecified atom stereocenters. The maximum Gasteiger partial charge on any atom is 0.308 e. The fourth-order valence-corrected chi connectivity index (χ4v) is 3.53. The van der Waals surface area contributed by atoms with Crippen LogP contribution in [0.1, 0.15) is 35.7 Å². The molecule has 152 valence electrons. The molecule has 1 heterocycles. The molecule has 6 nitrogen and oxygen atoms in total. The van der Waals surface area contributed by atoms with Crippen LogP contribution in [0.3, 0.4) is 0 Å². The highest BCUT2D eigenvalue weighted by Crippen LogP contribution is 2.19. The standard InChI is InChI=1S/C22H23ClN2O4/c1-15(26)29-19-7-4-6-17(13-19)22(28)24-18-9-11-25(12-10-18)21(27)14-16-5-2-3-8-20(16)23/h2-8,13,18H,9-12,14H2,1H3,(H,24,28). The number of benzene rings is 2. The van der Waals surface area contributed by atoms with Crippen molar-refractivity contribution in [3.05, 3.63) is 64.7 Å². The van der Waals surface area contributed by atoms with Crippen LogP contribution < -0.4 is 10.1 Å². The average molecular weight is 415 g/mol. The molecule has 1 fully saturated rings. The highest BCUT2D eigenvalue weighted by Gasteiger charge is 2.24. The fourth-order valence-electron chi connectivity index (χ4n) is 3.33. The molecule has 29 heavy (non-hydrogen) atoms. The summed E-state index contributed by atoms with van der Waals surface area (Å²) in [4.78, 5) is 37.9. The molecule has 3 rings (SSSR count). The van der Waals surface area contributed by atoms with Crippen molar-refractivity contribution in [1.29, 1.82) is 0 Å². The number of rotatable bonds is 5. The number of hydrogen-bond donors (Lipinski definition) is 1. The van der Waals surface area contributed by atoms with Gasteiger partial charge in [0.25, 0.3) is 5.91 Å². The molecule has 0 spiro atoms. The number of amides is 2. The molecule has 0 radical (unpaired) electrons. The van der Waals surface area contributed by atoms with Gasteiger partial charge in [0.05, 0.1) is 6.42 Å². The molecule has 2 amide bonds. The number of esters is 1. The van der Waals surface area contributed by atoms with Gasteiger partial charge < -0.3 is 15.0 Å². The van der Waals surface area contributed by atoms with Crippen LogP contribution in [0.4, 0.5) is 0 Å². The van der Waals surface area contributed by atoms with E-state index in [4.69, 9.17) is 16.3 Å². The number of piperidine rings is 1. The molecule has 0 aromatic heterocycles. The molecule has 0 aliphatic carbocycles. The van der Waals surface area contributed by atoms with Crippen molar-refractivity contribution in [1.82, 2.24) is 10.2 Å². The van der Waals surface area contributed by atoms with E-state index >= 15 is 0 Å². The van der Waals surface area contributed by atoms with Crippen LogP contribution in [0.15, 0.2) is 48.5 Å². The van der Waals surface area contributed by atoms with Crippen molar-refractivity contribution in [3.8, 4) is 5.75 Å². The second-order valence-electron chi connectivity index (χ2n) is 7.02. The Bertz CT molecular complexity index is 907. The third-order valence-electron chi connectivity index (χ3n) is 4.84. The van der Waals surface area contributed by atoms with Gasteiger partial charge in [0.15, 0.2) is 0 Å². The minimum atomic E-state index is -0.434. The van der Waals surface area contributed by atoms with E-state index < -0.39 is 5.97 Å². The van der Waals surface area contributed by atoms with Crippen LogP contribution in [0.25, 0.3) is 0 Å². The Labute approximate surface area is 174 Å². The predicted molar refractivity (Wildman–Crippen MR) is 110 cm³/mol. The smallest absolute Gasteiger partial charge is 0.308 e. The lowest BCUT2D eigenvalue weighted by atomic mass is 10.0. The second-order valence-corrected chi connectivity index (χ2v) is 7.43. The van der Waals surface area contributed by atoms with E-state index in [-0.39, 0.29) is 24.3 Å². The van der Waals surface area contributed by atoms with E-state index in [2.05, 4.69) is 5.32 Å². The number of nitrogens with one attached hydrogen (secondary N) is 1. The normalized spacial score (nSPS) is 14.3. The van der Waals surface area contributed by atoms with Gasteiger partial charge in [-0.15, -0.1) is 0 Å². The highest BCUT2D eigenvalue weighted by molar-refractivity contribution is 6.31. The van der Waals surface area contributed by atoms with Crippen molar-refractivity contribution in [3.63, 3.8) is 0 Å². The Balaban J connectivity index is 1.50. The maximum atomic E-state index is 12.5. The van der Waals surface area contributed by atoms with Gasteiger partial charge in [-0.3, -0.25) is 14.4 Å². The van der Waals surface area contributed by atoms with E-state index in [0.29, 0.717) is 42.3 Å². The molecule has 0 atom stereocenters. The molecule has 7 heteroatoms. The zero-order valence-corrected chi connectivity index (χ0v) is 16.9. The van der Waals surface area contributed by atoms with Crippen molar-refractivity contribution < 1.29 is 19.1 Å². The van der Waals surface area contributed by atoms with Gasteiger partial charge in [0, 0.05) is 36.6 Å². The first-order valence-corrected chi connectivity index (χ1v) is 9.90. The van der Waals surface area contributed by atoms with Gasteiger partial charge in [0.1, 0.15) is 5.75 Å². The lowest BCUT2D eigenvalue weighted by Crippen LogP contribution is -2.47. The summed E-state index contributed by atoms with van der Waals surface area (Å²) >= 11 is 6.14. The summed E-state index contributed by atoms with van der Waals surface area (Å²) in [5.74, 6) is -0.279. The zero-order valence-electron chi connectivity index (χ0n) is 16.2. The first-order chi connectivity index (χ1) is 13.9. The van der Waals surface area contributed by atoms with Crippen LogP contribution in [-0.2, 0) is 16.0 Å². The van der Waals surface area contributed by atoms with Crippen LogP contribution in [0.5, 0.6) is 5.75 Å². The van der Waals surface area contributed by atoms with Crippen LogP contribution in [0, 0.1) is 0 Å². The van der Waals surface area contributed by atoms with E-state index in [1.807, 2.05) is 23.1 Å². The van der Waals surface area contributed by atoms with Crippen molar-refractivity contribution in [2.45, 2.75) is 32.2 Å². The van der Waals surface area contributed by atoms with E-state index in [1.165, 1.54) is 6.92 Å². The molecular weight excluding hydrogens is 392 g/mol. The van der Waals surface area contributed by atoms with Crippen molar-refractivity contribution >= 4 is 29.4 Å². The first-order valence-electron chi connectivity index (χ1n) is 9.53. The Morgan fingerprint density at radius 1 is 1.10 bits per heavy atom. The molecule has 2 aromatic rings. The third-order valence-corrected chi connectivity index (χ3v) is 5.21. The minimum Gasteiger partial charge on any atom is -0.427 e. The van der Waals surface area contributed by atoms with E-state index in [0.717, 1.165) is 5.56 Å². The van der Waals surface area contributed by atoms with Gasteiger partial charge in [-0.05, 0) is 42.7 Å². The fraction of sp³-hybridized carbons (Fsp3) is 0.318. The van der Waals surface area contributed by atoms with Crippen LogP contribution >= 0.6 is 11.6 Å². The molecule has 1 saturated heterocycles. The van der Waals surface area contributed by atoms with Crippen molar-refractivity contribution in [2.75, 3.05) is 13.1 Å². The SMILES string of the molecule is CC(=O)Oc1cccc(C(=O)NC2CCN(C(=O)Cc3ccccc3Cl)CC2)c1. The number of hydrogen-bond acceptors (Lipinski definition) is 4. The number of ether oxygens (including phenoxy) is 1. The number of carbonyl (C=O) groups is 3. The predicted octanol–water partition coefficient (Wildman–Crippen LogP) is 3.23. The molecule has 1 aliphatic heterocycles. The largest absolute Gasteiger partial charge is 0.427 e. The summed E-state index contributed by atoms with van der Waals surface area (Å²) in [5.41, 5.74) is 1.25. The van der Waals surface area contributed by atoms with E-state index in [9.17, 15) is 14.4 Å².